The van der Waals surface area contributed by atoms with Crippen LogP contribution in [0.4, 0.5) is 0 Å². The molecule has 0 atom stereocenters. The van der Waals surface area contributed by atoms with Gasteiger partial charge in [-0.15, -0.1) is 0 Å². The van der Waals surface area contributed by atoms with Crippen LogP contribution in [0.25, 0.3) is 28.3 Å². The van der Waals surface area contributed by atoms with Gasteiger partial charge < -0.3 is 9.72 Å². The zero-order valence-electron chi connectivity index (χ0n) is 13.2. The number of nitrogens with one attached hydrogen (secondary N) is 1. The Balaban J connectivity index is 1.84. The minimum absolute atomic E-state index is 0.827. The predicted molar refractivity (Wildman–Crippen MR) is 93.1 cm³/mol. The minimum atomic E-state index is 0.827. The van der Waals surface area contributed by atoms with Crippen molar-refractivity contribution in [2.45, 2.75) is 0 Å². The van der Waals surface area contributed by atoms with Crippen LogP contribution in [-0.4, -0.2) is 26.6 Å². The van der Waals surface area contributed by atoms with Crippen LogP contribution < -0.4 is 4.74 Å². The molecule has 24 heavy (non-hydrogen) atoms. The Morgan fingerprint density at radius 2 is 1.88 bits per heavy atom. The van der Waals surface area contributed by atoms with E-state index in [4.69, 9.17) is 4.74 Å². The molecule has 0 aliphatic rings. The summed E-state index contributed by atoms with van der Waals surface area (Å²) in [6, 6.07) is 16.3. The fourth-order valence-corrected chi connectivity index (χ4v) is 2.77. The molecule has 1 N–H and O–H groups in total. The molecule has 4 rings (SSSR count). The summed E-state index contributed by atoms with van der Waals surface area (Å²) < 4.78 is 7.31. The summed E-state index contributed by atoms with van der Waals surface area (Å²) in [6.07, 6.45) is 7.18. The molecular formula is C19H16N4O. The molecule has 2 aromatic carbocycles. The number of imidazole rings is 2. The number of hydrogen-bond acceptors (Lipinski definition) is 3. The number of rotatable bonds is 4. The van der Waals surface area contributed by atoms with Gasteiger partial charge in [-0.2, -0.15) is 0 Å². The second-order valence-corrected chi connectivity index (χ2v) is 5.33. The third-order valence-electron chi connectivity index (χ3n) is 3.94. The molecule has 0 amide bonds. The van der Waals surface area contributed by atoms with Crippen molar-refractivity contribution in [3.63, 3.8) is 0 Å². The Hall–Kier alpha value is -3.34. The maximum atomic E-state index is 5.25. The average molecular weight is 316 g/mol. The van der Waals surface area contributed by atoms with Gasteiger partial charge in [-0.05, 0) is 23.8 Å². The van der Waals surface area contributed by atoms with E-state index in [9.17, 15) is 0 Å². The summed E-state index contributed by atoms with van der Waals surface area (Å²) in [4.78, 5) is 11.7. The van der Waals surface area contributed by atoms with Crippen molar-refractivity contribution in [3.05, 3.63) is 73.4 Å². The van der Waals surface area contributed by atoms with E-state index < -0.39 is 0 Å². The lowest BCUT2D eigenvalue weighted by atomic mass is 10.0. The van der Waals surface area contributed by atoms with Gasteiger partial charge in [0.2, 0.25) is 0 Å². The molecule has 0 unspecified atom stereocenters. The number of methoxy groups -OCH3 is 1. The average Bonchev–Trinajstić information content (AvgIpc) is 3.33. The quantitative estimate of drug-likeness (QED) is 0.620. The molecule has 0 radical (unpaired) electrons. The standard InChI is InChI=1S/C19H16N4O/c1-24-15-8-6-14(7-9-15)16-4-2-3-5-18(16)23-11-10-21-19(23)17-12-20-13-22-17/h2-13H,1H3,(H,20,22). The minimum Gasteiger partial charge on any atom is -0.497 e. The van der Waals surface area contributed by atoms with Gasteiger partial charge in [0, 0.05) is 18.0 Å². The Morgan fingerprint density at radius 3 is 2.62 bits per heavy atom. The molecule has 5 nitrogen and oxygen atoms in total. The maximum absolute atomic E-state index is 5.25. The summed E-state index contributed by atoms with van der Waals surface area (Å²) in [5.74, 6) is 1.67. The molecule has 0 aliphatic carbocycles. The van der Waals surface area contributed by atoms with E-state index in [-0.39, 0.29) is 0 Å². The molecule has 0 spiro atoms. The smallest absolute Gasteiger partial charge is 0.162 e. The van der Waals surface area contributed by atoms with E-state index in [0.29, 0.717) is 0 Å². The van der Waals surface area contributed by atoms with Gasteiger partial charge in [-0.1, -0.05) is 30.3 Å². The van der Waals surface area contributed by atoms with Crippen LogP contribution >= 0.6 is 0 Å². The van der Waals surface area contributed by atoms with Gasteiger partial charge in [-0.3, -0.25) is 4.57 Å². The fourth-order valence-electron chi connectivity index (χ4n) is 2.77. The molecule has 2 heterocycles. The van der Waals surface area contributed by atoms with Crippen molar-refractivity contribution in [1.82, 2.24) is 19.5 Å². The molecular weight excluding hydrogens is 300 g/mol. The van der Waals surface area contributed by atoms with Crippen LogP contribution in [-0.2, 0) is 0 Å². The highest BCUT2D eigenvalue weighted by Crippen LogP contribution is 2.30. The topological polar surface area (TPSA) is 55.7 Å². The molecule has 0 saturated heterocycles. The number of aromatic amines is 1. The molecule has 118 valence electrons. The van der Waals surface area contributed by atoms with Crippen LogP contribution in [0.2, 0.25) is 0 Å². The van der Waals surface area contributed by atoms with Crippen LogP contribution in [0.1, 0.15) is 0 Å². The highest BCUT2D eigenvalue weighted by atomic mass is 16.5. The number of ether oxygens (including phenoxy) is 1. The Bertz CT molecular complexity index is 940. The van der Waals surface area contributed by atoms with Crippen LogP contribution in [0.3, 0.4) is 0 Å². The summed E-state index contributed by atoms with van der Waals surface area (Å²) in [5, 5.41) is 0. The Labute approximate surface area is 139 Å². The van der Waals surface area contributed by atoms with Gasteiger partial charge >= 0.3 is 0 Å². The lowest BCUT2D eigenvalue weighted by molar-refractivity contribution is 0.415. The normalized spacial score (nSPS) is 10.7. The van der Waals surface area contributed by atoms with Crippen molar-refractivity contribution in [2.24, 2.45) is 0 Å². The van der Waals surface area contributed by atoms with Crippen LogP contribution in [0, 0.1) is 0 Å². The third kappa shape index (κ3) is 2.46. The van der Waals surface area contributed by atoms with Gasteiger partial charge in [-0.25, -0.2) is 9.97 Å². The first-order chi connectivity index (χ1) is 11.9. The summed E-state index contributed by atoms with van der Waals surface area (Å²) in [7, 11) is 1.67. The first-order valence-corrected chi connectivity index (χ1v) is 7.63. The second-order valence-electron chi connectivity index (χ2n) is 5.33. The third-order valence-corrected chi connectivity index (χ3v) is 3.94. The van der Waals surface area contributed by atoms with E-state index in [0.717, 1.165) is 34.1 Å². The van der Waals surface area contributed by atoms with E-state index >= 15 is 0 Å². The number of H-pyrrole nitrogens is 1. The monoisotopic (exact) mass is 316 g/mol. The number of nitrogens with zero attached hydrogens (tertiary/aromatic N) is 3. The molecule has 5 heteroatoms. The summed E-state index contributed by atoms with van der Waals surface area (Å²) >= 11 is 0. The van der Waals surface area contributed by atoms with Crippen molar-refractivity contribution in [2.75, 3.05) is 7.11 Å². The highest BCUT2D eigenvalue weighted by Gasteiger charge is 2.12. The zero-order chi connectivity index (χ0) is 16.4. The van der Waals surface area contributed by atoms with E-state index in [1.165, 1.54) is 0 Å². The van der Waals surface area contributed by atoms with Crippen molar-refractivity contribution < 1.29 is 4.74 Å². The fraction of sp³-hybridized carbons (Fsp3) is 0.0526. The number of aromatic nitrogens is 4. The van der Waals surface area contributed by atoms with Crippen LogP contribution in [0.5, 0.6) is 5.75 Å². The lowest BCUT2D eigenvalue weighted by Gasteiger charge is -2.13. The van der Waals surface area contributed by atoms with Crippen molar-refractivity contribution >= 4 is 0 Å². The van der Waals surface area contributed by atoms with Crippen molar-refractivity contribution in [3.8, 4) is 34.1 Å². The van der Waals surface area contributed by atoms with Gasteiger partial charge in [0.15, 0.2) is 5.82 Å². The largest absolute Gasteiger partial charge is 0.497 e. The molecule has 0 bridgehead atoms. The number of para-hydroxylation sites is 1. The summed E-state index contributed by atoms with van der Waals surface area (Å²) in [5.41, 5.74) is 4.18. The molecule has 0 saturated carbocycles. The van der Waals surface area contributed by atoms with Gasteiger partial charge in [0.05, 0.1) is 25.3 Å². The van der Waals surface area contributed by atoms with Gasteiger partial charge in [0.1, 0.15) is 11.4 Å². The second kappa shape index (κ2) is 6.04. The SMILES string of the molecule is COc1ccc(-c2ccccc2-n2ccnc2-c2cnc[nH]2)cc1. The van der Waals surface area contributed by atoms with Gasteiger partial charge in [0.25, 0.3) is 0 Å². The number of benzene rings is 2. The molecule has 0 fully saturated rings. The Morgan fingerprint density at radius 1 is 1.04 bits per heavy atom. The molecule has 4 aromatic rings. The highest BCUT2D eigenvalue weighted by molar-refractivity contribution is 5.74. The van der Waals surface area contributed by atoms with E-state index in [1.54, 1.807) is 25.8 Å². The first-order valence-electron chi connectivity index (χ1n) is 7.63. The maximum Gasteiger partial charge on any atom is 0.162 e. The van der Waals surface area contributed by atoms with Crippen molar-refractivity contribution in [1.29, 1.82) is 0 Å². The first kappa shape index (κ1) is 14.3. The lowest BCUT2D eigenvalue weighted by Crippen LogP contribution is -1.99. The summed E-state index contributed by atoms with van der Waals surface area (Å²) in [6.45, 7) is 0. The molecule has 2 aromatic heterocycles. The molecule has 0 aliphatic heterocycles. The van der Waals surface area contributed by atoms with Crippen LogP contribution in [0.15, 0.2) is 73.4 Å². The number of hydrogen-bond donors (Lipinski definition) is 1. The predicted octanol–water partition coefficient (Wildman–Crippen LogP) is 3.94. The Kier molecular flexibility index (Phi) is 3.59. The van der Waals surface area contributed by atoms with E-state index in [1.807, 2.05) is 30.5 Å². The zero-order valence-corrected chi connectivity index (χ0v) is 13.2. The van der Waals surface area contributed by atoms with E-state index in [2.05, 4.69) is 43.8 Å².